The molecule has 0 unspecified atom stereocenters. The summed E-state index contributed by atoms with van der Waals surface area (Å²) >= 11 is 1.72. The monoisotopic (exact) mass is 404 g/mol. The first-order valence-corrected chi connectivity index (χ1v) is 10.4. The van der Waals surface area contributed by atoms with E-state index in [2.05, 4.69) is 41.8 Å². The summed E-state index contributed by atoms with van der Waals surface area (Å²) in [5, 5.41) is 9.94. The maximum atomic E-state index is 5.75. The Bertz CT molecular complexity index is 753. The number of nitrogens with one attached hydrogen (secondary N) is 2. The van der Waals surface area contributed by atoms with Gasteiger partial charge in [-0.2, -0.15) is 0 Å². The second-order valence-corrected chi connectivity index (χ2v) is 8.42. The molecule has 1 aromatic heterocycles. The van der Waals surface area contributed by atoms with Crippen LogP contribution in [-0.2, 0) is 16.6 Å². The molecule has 0 saturated heterocycles. The van der Waals surface area contributed by atoms with Crippen molar-refractivity contribution < 1.29 is 9.47 Å². The van der Waals surface area contributed by atoms with Crippen LogP contribution in [0, 0.1) is 0 Å². The van der Waals surface area contributed by atoms with Crippen molar-refractivity contribution in [1.82, 2.24) is 10.3 Å². The molecule has 0 saturated carbocycles. The fraction of sp³-hybridized carbons (Fsp3) is 0.524. The van der Waals surface area contributed by atoms with Crippen molar-refractivity contribution in [2.75, 3.05) is 39.2 Å². The van der Waals surface area contributed by atoms with E-state index in [4.69, 9.17) is 14.5 Å². The third-order valence-corrected chi connectivity index (χ3v) is 4.94. The molecule has 2 N–H and O–H groups in total. The van der Waals surface area contributed by atoms with E-state index >= 15 is 0 Å². The van der Waals surface area contributed by atoms with E-state index < -0.39 is 0 Å². The molecule has 2 rings (SSSR count). The smallest absolute Gasteiger partial charge is 0.195 e. The number of rotatable bonds is 9. The summed E-state index contributed by atoms with van der Waals surface area (Å²) in [6, 6.07) is 7.87. The summed E-state index contributed by atoms with van der Waals surface area (Å²) in [6.07, 6.45) is 1.73. The summed E-state index contributed by atoms with van der Waals surface area (Å²) < 4.78 is 10.8. The van der Waals surface area contributed by atoms with Gasteiger partial charge in [-0.15, -0.1) is 11.3 Å². The predicted octanol–water partition coefficient (Wildman–Crippen LogP) is 4.09. The molecule has 2 aromatic rings. The molecule has 1 heterocycles. The van der Waals surface area contributed by atoms with E-state index in [9.17, 15) is 0 Å². The van der Waals surface area contributed by atoms with Gasteiger partial charge in [0, 0.05) is 62.7 Å². The lowest BCUT2D eigenvalue weighted by Crippen LogP contribution is -2.32. The lowest BCUT2D eigenvalue weighted by molar-refractivity contribution is 0.172. The average Bonchev–Trinajstić information content (AvgIpc) is 3.14. The first-order chi connectivity index (χ1) is 13.4. The summed E-state index contributed by atoms with van der Waals surface area (Å²) in [5.41, 5.74) is 2.18. The van der Waals surface area contributed by atoms with Crippen LogP contribution in [0.1, 0.15) is 37.9 Å². The Morgan fingerprint density at radius 3 is 2.75 bits per heavy atom. The molecular weight excluding hydrogens is 372 g/mol. The van der Waals surface area contributed by atoms with Gasteiger partial charge in [-0.1, -0.05) is 26.8 Å². The Balaban J connectivity index is 1.81. The number of thiazole rings is 1. The summed E-state index contributed by atoms with van der Waals surface area (Å²) in [5.74, 6) is 1.55. The van der Waals surface area contributed by atoms with Crippen molar-refractivity contribution in [2.24, 2.45) is 4.99 Å². The van der Waals surface area contributed by atoms with E-state index in [1.165, 1.54) is 0 Å². The van der Waals surface area contributed by atoms with Gasteiger partial charge in [-0.25, -0.2) is 4.98 Å². The van der Waals surface area contributed by atoms with Crippen LogP contribution in [0.2, 0.25) is 0 Å². The largest absolute Gasteiger partial charge is 0.493 e. The number of hydrogen-bond acceptors (Lipinski definition) is 5. The van der Waals surface area contributed by atoms with Gasteiger partial charge in [0.05, 0.1) is 17.3 Å². The molecule has 28 heavy (non-hydrogen) atoms. The summed E-state index contributed by atoms with van der Waals surface area (Å²) in [6.45, 7) is 8.66. The van der Waals surface area contributed by atoms with Gasteiger partial charge < -0.3 is 20.1 Å². The average molecular weight is 405 g/mol. The van der Waals surface area contributed by atoms with Crippen LogP contribution in [0.15, 0.2) is 34.6 Å². The Kier molecular flexibility index (Phi) is 8.73. The minimum absolute atomic E-state index is 0.0937. The van der Waals surface area contributed by atoms with Gasteiger partial charge in [-0.3, -0.25) is 4.99 Å². The van der Waals surface area contributed by atoms with Gasteiger partial charge >= 0.3 is 0 Å². The highest BCUT2D eigenvalue weighted by atomic mass is 32.1. The molecule has 6 nitrogen and oxygen atoms in total. The highest BCUT2D eigenvalue weighted by molar-refractivity contribution is 7.09. The molecule has 0 amide bonds. The van der Waals surface area contributed by atoms with Gasteiger partial charge in [0.2, 0.25) is 0 Å². The minimum Gasteiger partial charge on any atom is -0.493 e. The lowest BCUT2D eigenvalue weighted by atomic mass is 9.93. The first-order valence-electron chi connectivity index (χ1n) is 9.56. The van der Waals surface area contributed by atoms with Gasteiger partial charge in [0.1, 0.15) is 5.75 Å². The van der Waals surface area contributed by atoms with Gasteiger partial charge in [0.15, 0.2) is 5.96 Å². The number of anilines is 1. The van der Waals surface area contributed by atoms with Gasteiger partial charge in [0.25, 0.3) is 0 Å². The second kappa shape index (κ2) is 11.0. The van der Waals surface area contributed by atoms with Crippen LogP contribution in [0.4, 0.5) is 5.69 Å². The van der Waals surface area contributed by atoms with Crippen molar-refractivity contribution in [2.45, 2.75) is 39.0 Å². The molecule has 154 valence electrons. The molecule has 0 bridgehead atoms. The molecule has 1 aromatic carbocycles. The number of hydrogen-bond donors (Lipinski definition) is 2. The SMILES string of the molecule is CN=C(NCCc1nc(C(C)(C)C)cs1)Nc1cccc(OCCCOC)c1. The summed E-state index contributed by atoms with van der Waals surface area (Å²) in [7, 11) is 3.46. The van der Waals surface area contributed by atoms with Gasteiger partial charge in [-0.05, 0) is 12.1 Å². The number of guanidine groups is 1. The van der Waals surface area contributed by atoms with Crippen molar-refractivity contribution in [1.29, 1.82) is 0 Å². The molecule has 0 radical (unpaired) electrons. The van der Waals surface area contributed by atoms with Crippen molar-refractivity contribution in [3.05, 3.63) is 40.3 Å². The van der Waals surface area contributed by atoms with Crippen molar-refractivity contribution in [3.8, 4) is 5.75 Å². The molecule has 0 atom stereocenters. The summed E-state index contributed by atoms with van der Waals surface area (Å²) in [4.78, 5) is 9.03. The third kappa shape index (κ3) is 7.48. The maximum absolute atomic E-state index is 5.75. The van der Waals surface area contributed by atoms with Crippen LogP contribution in [0.25, 0.3) is 0 Å². The highest BCUT2D eigenvalue weighted by Gasteiger charge is 2.17. The third-order valence-electron chi connectivity index (χ3n) is 4.03. The standard InChI is InChI=1S/C21H32N4O2S/c1-21(2,3)18-15-28-19(25-18)10-11-23-20(22-4)24-16-8-6-9-17(14-16)27-13-7-12-26-5/h6,8-9,14-15H,7,10-13H2,1-5H3,(H2,22,23,24). The molecule has 0 aliphatic carbocycles. The molecule has 0 fully saturated rings. The molecule has 0 aliphatic heterocycles. The van der Waals surface area contributed by atoms with E-state index in [1.54, 1.807) is 25.5 Å². The highest BCUT2D eigenvalue weighted by Crippen LogP contribution is 2.24. The quantitative estimate of drug-likeness (QED) is 0.374. The number of ether oxygens (including phenoxy) is 2. The fourth-order valence-electron chi connectivity index (χ4n) is 2.43. The van der Waals surface area contributed by atoms with Crippen LogP contribution in [0.5, 0.6) is 5.75 Å². The van der Waals surface area contributed by atoms with Crippen molar-refractivity contribution >= 4 is 23.0 Å². The van der Waals surface area contributed by atoms with E-state index in [-0.39, 0.29) is 5.41 Å². The van der Waals surface area contributed by atoms with E-state index in [0.717, 1.165) is 47.5 Å². The van der Waals surface area contributed by atoms with E-state index in [0.29, 0.717) is 13.2 Å². The maximum Gasteiger partial charge on any atom is 0.195 e. The number of benzene rings is 1. The Morgan fingerprint density at radius 1 is 1.25 bits per heavy atom. The Hall–Kier alpha value is -2.12. The lowest BCUT2D eigenvalue weighted by Gasteiger charge is -2.14. The number of aliphatic imine (C=N–C) groups is 1. The van der Waals surface area contributed by atoms with Crippen molar-refractivity contribution in [3.63, 3.8) is 0 Å². The first kappa shape index (κ1) is 22.2. The van der Waals surface area contributed by atoms with Crippen LogP contribution in [-0.4, -0.2) is 44.9 Å². The van der Waals surface area contributed by atoms with Crippen LogP contribution in [0.3, 0.4) is 0 Å². The molecule has 0 spiro atoms. The predicted molar refractivity (Wildman–Crippen MR) is 118 cm³/mol. The fourth-order valence-corrected chi connectivity index (χ4v) is 3.46. The topological polar surface area (TPSA) is 67.8 Å². The minimum atomic E-state index is 0.0937. The zero-order valence-corrected chi connectivity index (χ0v) is 18.4. The Morgan fingerprint density at radius 2 is 2.07 bits per heavy atom. The van der Waals surface area contributed by atoms with Crippen LogP contribution >= 0.6 is 11.3 Å². The molecule has 7 heteroatoms. The molecular formula is C21H32N4O2S. The zero-order valence-electron chi connectivity index (χ0n) is 17.5. The number of nitrogens with zero attached hydrogens (tertiary/aromatic N) is 2. The molecule has 0 aliphatic rings. The number of aromatic nitrogens is 1. The number of methoxy groups -OCH3 is 1. The zero-order chi connectivity index (χ0) is 20.4. The normalized spacial score (nSPS) is 12.1. The second-order valence-electron chi connectivity index (χ2n) is 7.47. The Labute approximate surface area is 172 Å². The van der Waals surface area contributed by atoms with Crippen LogP contribution < -0.4 is 15.4 Å². The van der Waals surface area contributed by atoms with E-state index in [1.807, 2.05) is 24.3 Å².